The van der Waals surface area contributed by atoms with Crippen LogP contribution >= 0.6 is 0 Å². The summed E-state index contributed by atoms with van der Waals surface area (Å²) < 4.78 is 1.80. The van der Waals surface area contributed by atoms with Crippen molar-refractivity contribution in [3.8, 4) is 0 Å². The predicted molar refractivity (Wildman–Crippen MR) is 139 cm³/mol. The minimum atomic E-state index is -0.416. The Hall–Kier alpha value is -2.96. The Morgan fingerprint density at radius 2 is 1.60 bits per heavy atom. The lowest BCUT2D eigenvalue weighted by atomic mass is 10.0. The lowest BCUT2D eigenvalue weighted by molar-refractivity contribution is -0.118. The molecule has 0 unspecified atom stereocenters. The summed E-state index contributed by atoms with van der Waals surface area (Å²) >= 11 is 0. The number of unbranched alkanes of at least 4 members (excludes halogenated alkanes) is 9. The van der Waals surface area contributed by atoms with E-state index in [1.807, 2.05) is 32.0 Å². The van der Waals surface area contributed by atoms with Crippen molar-refractivity contribution in [3.05, 3.63) is 54.0 Å². The van der Waals surface area contributed by atoms with Gasteiger partial charge in [-0.2, -0.15) is 0 Å². The molecule has 0 fully saturated rings. The van der Waals surface area contributed by atoms with Crippen molar-refractivity contribution < 1.29 is 9.59 Å². The first kappa shape index (κ1) is 26.6. The van der Waals surface area contributed by atoms with Gasteiger partial charge in [0.05, 0.1) is 11.8 Å². The third-order valence-electron chi connectivity index (χ3n) is 6.53. The van der Waals surface area contributed by atoms with E-state index in [0.29, 0.717) is 16.8 Å². The van der Waals surface area contributed by atoms with Crippen LogP contribution in [0.5, 0.6) is 0 Å². The van der Waals surface area contributed by atoms with Gasteiger partial charge in [-0.25, -0.2) is 0 Å². The van der Waals surface area contributed by atoms with Gasteiger partial charge in [-0.15, -0.1) is 5.10 Å². The van der Waals surface area contributed by atoms with Crippen molar-refractivity contribution in [2.45, 2.75) is 97.7 Å². The number of nitrogens with one attached hydrogen (secondary N) is 1. The largest absolute Gasteiger partial charge is 0.331 e. The van der Waals surface area contributed by atoms with E-state index in [1.54, 1.807) is 34.1 Å². The number of aromatic nitrogens is 3. The Morgan fingerprint density at radius 3 is 2.23 bits per heavy atom. The molecular formula is C28H41N5O2. The molecule has 0 radical (unpaired) electrons. The maximum Gasteiger partial charge on any atom is 0.259 e. The number of aryl methyl sites for hydroxylation is 1. The van der Waals surface area contributed by atoms with Gasteiger partial charge in [0.2, 0.25) is 0 Å². The minimum absolute atomic E-state index is 0.0523. The van der Waals surface area contributed by atoms with E-state index >= 15 is 0 Å². The third kappa shape index (κ3) is 7.77. The fourth-order valence-electron chi connectivity index (χ4n) is 4.44. The highest BCUT2D eigenvalue weighted by Crippen LogP contribution is 2.24. The molecule has 1 aromatic carbocycles. The van der Waals surface area contributed by atoms with E-state index in [-0.39, 0.29) is 17.7 Å². The molecule has 0 saturated carbocycles. The first-order valence-electron chi connectivity index (χ1n) is 13.3. The van der Waals surface area contributed by atoms with Crippen LogP contribution in [0.3, 0.4) is 0 Å². The summed E-state index contributed by atoms with van der Waals surface area (Å²) in [6.45, 7) is 7.00. The molecule has 0 spiro atoms. The summed E-state index contributed by atoms with van der Waals surface area (Å²) in [5.41, 5.74) is 1.43. The zero-order valence-corrected chi connectivity index (χ0v) is 21.6. The van der Waals surface area contributed by atoms with Crippen LogP contribution in [0, 0.1) is 5.92 Å². The van der Waals surface area contributed by atoms with Crippen LogP contribution in [0.4, 0.5) is 0 Å². The van der Waals surface area contributed by atoms with E-state index in [2.05, 4.69) is 22.6 Å². The second-order valence-corrected chi connectivity index (χ2v) is 9.83. The Balaban J connectivity index is 1.55. The summed E-state index contributed by atoms with van der Waals surface area (Å²) in [5, 5.41) is 11.4. The van der Waals surface area contributed by atoms with Gasteiger partial charge >= 0.3 is 0 Å². The molecule has 35 heavy (non-hydrogen) atoms. The molecule has 1 aliphatic heterocycles. The number of carbonyl (C=O) groups excluding carboxylic acids is 2. The van der Waals surface area contributed by atoms with Crippen LogP contribution in [0.2, 0.25) is 0 Å². The molecule has 0 aliphatic carbocycles. The van der Waals surface area contributed by atoms with Crippen LogP contribution in [0.1, 0.15) is 101 Å². The van der Waals surface area contributed by atoms with Gasteiger partial charge in [0.1, 0.15) is 11.9 Å². The molecule has 7 heteroatoms. The normalized spacial score (nSPS) is 15.9. The maximum atomic E-state index is 13.2. The third-order valence-corrected chi connectivity index (χ3v) is 6.53. The maximum absolute atomic E-state index is 13.2. The molecule has 7 nitrogen and oxygen atoms in total. The van der Waals surface area contributed by atoms with Crippen molar-refractivity contribution in [3.63, 3.8) is 0 Å². The van der Waals surface area contributed by atoms with Crippen molar-refractivity contribution in [1.29, 1.82) is 0 Å². The summed E-state index contributed by atoms with van der Waals surface area (Å²) in [5.74, 6) is -0.331. The summed E-state index contributed by atoms with van der Waals surface area (Å²) in [6, 6.07) is 9.12. The number of rotatable bonds is 14. The number of nitrogens with zero attached hydrogens (tertiary/aromatic N) is 4. The smallest absolute Gasteiger partial charge is 0.259 e. The highest BCUT2D eigenvalue weighted by molar-refractivity contribution is 6.20. The first-order valence-corrected chi connectivity index (χ1v) is 13.3. The molecule has 1 atom stereocenters. The van der Waals surface area contributed by atoms with E-state index in [0.717, 1.165) is 13.0 Å². The average molecular weight is 480 g/mol. The lowest BCUT2D eigenvalue weighted by Crippen LogP contribution is -2.54. The van der Waals surface area contributed by atoms with E-state index < -0.39 is 6.17 Å². The number of hydrogen-bond donors (Lipinski definition) is 1. The van der Waals surface area contributed by atoms with Crippen molar-refractivity contribution in [2.75, 3.05) is 0 Å². The molecule has 2 aromatic rings. The fourth-order valence-corrected chi connectivity index (χ4v) is 4.44. The summed E-state index contributed by atoms with van der Waals surface area (Å²) in [4.78, 5) is 27.7. The summed E-state index contributed by atoms with van der Waals surface area (Å²) in [6.07, 6.45) is 15.9. The van der Waals surface area contributed by atoms with Gasteiger partial charge in [-0.3, -0.25) is 19.2 Å². The number of carbonyl (C=O) groups is 2. The second kappa shape index (κ2) is 13.8. The zero-order chi connectivity index (χ0) is 25.0. The molecule has 2 amide bonds. The molecular weight excluding hydrogens is 438 g/mol. The quantitative estimate of drug-likeness (QED) is 0.348. The SMILES string of the molecule is CCCCCCCCCCCCn1cc(C2=CN(C(=O)c3ccccc3)[C@@H](C(C)C)NC2=O)nn1. The highest BCUT2D eigenvalue weighted by atomic mass is 16.2. The van der Waals surface area contributed by atoms with Crippen LogP contribution in [0.15, 0.2) is 42.7 Å². The average Bonchev–Trinajstić information content (AvgIpc) is 3.33. The molecule has 1 aliphatic rings. The van der Waals surface area contributed by atoms with Crippen LogP contribution < -0.4 is 5.32 Å². The first-order chi connectivity index (χ1) is 17.0. The zero-order valence-electron chi connectivity index (χ0n) is 21.6. The van der Waals surface area contributed by atoms with Crippen LogP contribution in [-0.4, -0.2) is 37.9 Å². The Morgan fingerprint density at radius 1 is 0.971 bits per heavy atom. The standard InChI is InChI=1S/C28H41N5O2/c1-4-5-6-7-8-9-10-11-12-16-19-32-21-25(30-31-32)24-20-33(26(22(2)3)29-27(24)34)28(35)23-17-14-13-15-18-23/h13-15,17-18,20-22,26H,4-12,16,19H2,1-3H3,(H,29,34)/t26-/m0/s1. The van der Waals surface area contributed by atoms with Gasteiger partial charge in [0, 0.05) is 18.3 Å². The van der Waals surface area contributed by atoms with Gasteiger partial charge in [-0.05, 0) is 24.5 Å². The van der Waals surface area contributed by atoms with Crippen LogP contribution in [0.25, 0.3) is 5.57 Å². The van der Waals surface area contributed by atoms with E-state index in [4.69, 9.17) is 0 Å². The molecule has 0 bridgehead atoms. The molecule has 1 aromatic heterocycles. The predicted octanol–water partition coefficient (Wildman–Crippen LogP) is 5.79. The lowest BCUT2D eigenvalue weighted by Gasteiger charge is -2.36. The van der Waals surface area contributed by atoms with E-state index in [1.165, 1.54) is 57.8 Å². The van der Waals surface area contributed by atoms with Crippen molar-refractivity contribution in [1.82, 2.24) is 25.2 Å². The summed E-state index contributed by atoms with van der Waals surface area (Å²) in [7, 11) is 0. The number of benzene rings is 1. The van der Waals surface area contributed by atoms with Gasteiger partial charge < -0.3 is 5.32 Å². The fraction of sp³-hybridized carbons (Fsp3) is 0.571. The van der Waals surface area contributed by atoms with Crippen molar-refractivity contribution >= 4 is 17.4 Å². The second-order valence-electron chi connectivity index (χ2n) is 9.83. The molecule has 0 saturated heterocycles. The topological polar surface area (TPSA) is 80.1 Å². The van der Waals surface area contributed by atoms with Gasteiger partial charge in [0.15, 0.2) is 0 Å². The van der Waals surface area contributed by atoms with Gasteiger partial charge in [-0.1, -0.05) is 102 Å². The van der Waals surface area contributed by atoms with E-state index in [9.17, 15) is 9.59 Å². The Bertz CT molecular complexity index is 967. The number of hydrogen-bond acceptors (Lipinski definition) is 4. The van der Waals surface area contributed by atoms with Gasteiger partial charge in [0.25, 0.3) is 11.8 Å². The molecule has 190 valence electrons. The molecule has 1 N–H and O–H groups in total. The molecule has 3 rings (SSSR count). The van der Waals surface area contributed by atoms with Crippen molar-refractivity contribution in [2.24, 2.45) is 5.92 Å². The Labute approximate surface area is 210 Å². The Kier molecular flexibility index (Phi) is 10.5. The molecule has 2 heterocycles. The van der Waals surface area contributed by atoms with Crippen LogP contribution in [-0.2, 0) is 11.3 Å². The highest BCUT2D eigenvalue weighted by Gasteiger charge is 2.34. The monoisotopic (exact) mass is 479 g/mol. The minimum Gasteiger partial charge on any atom is -0.331 e. The number of amides is 2.